The van der Waals surface area contributed by atoms with Gasteiger partial charge in [-0.25, -0.2) is 9.97 Å². The zero-order chi connectivity index (χ0) is 21.1. The van der Waals surface area contributed by atoms with Gasteiger partial charge in [0.1, 0.15) is 11.5 Å². The number of aromatic nitrogens is 2. The predicted molar refractivity (Wildman–Crippen MR) is 110 cm³/mol. The highest BCUT2D eigenvalue weighted by Gasteiger charge is 2.41. The Hall–Kier alpha value is -2.74. The first kappa shape index (κ1) is 20.5. The van der Waals surface area contributed by atoms with Crippen LogP contribution in [-0.2, 0) is 9.59 Å². The average molecular weight is 412 g/mol. The van der Waals surface area contributed by atoms with Crippen molar-refractivity contribution in [1.82, 2.24) is 20.2 Å². The smallest absolute Gasteiger partial charge is 0.303 e. The standard InChI is InChI=1S/C22H28N4O4/c1-14-24-18(11-19(25-14)20-4-3-9-30-20)17-13-26-8-7-15(17)10-16(26)12-23-21(27)5-2-6-22(28)29/h3-4,9,11,15-17H,2,5-8,10,12-13H2,1H3,(H,23,27)(H,28,29). The Bertz CT molecular complexity index is 899. The summed E-state index contributed by atoms with van der Waals surface area (Å²) in [6, 6.07) is 6.16. The lowest BCUT2D eigenvalue weighted by atomic mass is 9.74. The summed E-state index contributed by atoms with van der Waals surface area (Å²) < 4.78 is 5.52. The zero-order valence-corrected chi connectivity index (χ0v) is 17.2. The molecule has 2 aromatic rings. The lowest BCUT2D eigenvalue weighted by Crippen LogP contribution is -2.56. The Morgan fingerprint density at radius 2 is 2.20 bits per heavy atom. The van der Waals surface area contributed by atoms with Crippen LogP contribution >= 0.6 is 0 Å². The first-order chi connectivity index (χ1) is 14.5. The molecular formula is C22H28N4O4. The number of nitrogens with zero attached hydrogens (tertiary/aromatic N) is 3. The minimum Gasteiger partial charge on any atom is -0.481 e. The Kier molecular flexibility index (Phi) is 6.13. The SMILES string of the molecule is Cc1nc(-c2ccco2)cc(C2CN3CCC2CC3CNC(=O)CCCC(=O)O)n1. The van der Waals surface area contributed by atoms with Crippen LogP contribution in [0.2, 0.25) is 0 Å². The van der Waals surface area contributed by atoms with E-state index in [1.807, 2.05) is 19.1 Å². The Balaban J connectivity index is 1.37. The van der Waals surface area contributed by atoms with Crippen molar-refractivity contribution in [2.75, 3.05) is 19.6 Å². The molecule has 30 heavy (non-hydrogen) atoms. The Morgan fingerprint density at radius 1 is 1.33 bits per heavy atom. The van der Waals surface area contributed by atoms with Gasteiger partial charge >= 0.3 is 5.97 Å². The molecule has 8 heteroatoms. The third-order valence-electron chi connectivity index (χ3n) is 6.22. The molecule has 8 nitrogen and oxygen atoms in total. The number of aliphatic carboxylic acids is 1. The number of amides is 1. The van der Waals surface area contributed by atoms with Crippen LogP contribution in [0.4, 0.5) is 0 Å². The molecule has 4 atom stereocenters. The molecule has 4 unspecified atom stereocenters. The molecule has 3 fully saturated rings. The summed E-state index contributed by atoms with van der Waals surface area (Å²) in [5, 5.41) is 11.7. The van der Waals surface area contributed by atoms with Crippen molar-refractivity contribution in [3.8, 4) is 11.5 Å². The molecule has 3 aliphatic rings. The largest absolute Gasteiger partial charge is 0.481 e. The van der Waals surface area contributed by atoms with Gasteiger partial charge in [0.15, 0.2) is 5.76 Å². The van der Waals surface area contributed by atoms with Gasteiger partial charge in [-0.1, -0.05) is 0 Å². The maximum Gasteiger partial charge on any atom is 0.303 e. The molecule has 3 saturated heterocycles. The number of rotatable bonds is 8. The number of furan rings is 1. The third-order valence-corrected chi connectivity index (χ3v) is 6.22. The Labute approximate surface area is 175 Å². The number of fused-ring (bicyclic) bond motifs is 3. The van der Waals surface area contributed by atoms with E-state index in [0.29, 0.717) is 30.8 Å². The number of hydrogen-bond acceptors (Lipinski definition) is 6. The number of hydrogen-bond donors (Lipinski definition) is 2. The highest BCUT2D eigenvalue weighted by Crippen LogP contribution is 2.41. The zero-order valence-electron chi connectivity index (χ0n) is 17.2. The van der Waals surface area contributed by atoms with Gasteiger partial charge in [0.25, 0.3) is 0 Å². The van der Waals surface area contributed by atoms with Crippen LogP contribution in [0.3, 0.4) is 0 Å². The maximum atomic E-state index is 12.0. The summed E-state index contributed by atoms with van der Waals surface area (Å²) >= 11 is 0. The van der Waals surface area contributed by atoms with Crippen molar-refractivity contribution in [2.24, 2.45) is 5.92 Å². The van der Waals surface area contributed by atoms with E-state index in [9.17, 15) is 9.59 Å². The second kappa shape index (κ2) is 8.95. The summed E-state index contributed by atoms with van der Waals surface area (Å²) in [5.74, 6) is 1.47. The maximum absolute atomic E-state index is 12.0. The fourth-order valence-electron chi connectivity index (χ4n) is 4.74. The second-order valence-electron chi connectivity index (χ2n) is 8.29. The molecule has 0 aromatic carbocycles. The number of carboxylic acids is 1. The number of aryl methyl sites for hydroxylation is 1. The number of carboxylic acid groups (broad SMARTS) is 1. The normalized spacial score (nSPS) is 25.2. The van der Waals surface area contributed by atoms with Crippen LogP contribution in [0, 0.1) is 12.8 Å². The summed E-state index contributed by atoms with van der Waals surface area (Å²) in [7, 11) is 0. The van der Waals surface area contributed by atoms with Gasteiger partial charge in [-0.2, -0.15) is 0 Å². The minimum atomic E-state index is -0.861. The monoisotopic (exact) mass is 412 g/mol. The van der Waals surface area contributed by atoms with Gasteiger partial charge in [0.2, 0.25) is 5.91 Å². The molecule has 0 aliphatic carbocycles. The van der Waals surface area contributed by atoms with E-state index in [1.54, 1.807) is 6.26 Å². The molecule has 3 aliphatic heterocycles. The summed E-state index contributed by atoms with van der Waals surface area (Å²) in [6.07, 6.45) is 4.49. The molecule has 0 saturated carbocycles. The van der Waals surface area contributed by atoms with Gasteiger partial charge < -0.3 is 14.8 Å². The predicted octanol–water partition coefficient (Wildman–Crippen LogP) is 2.59. The lowest BCUT2D eigenvalue weighted by molar-refractivity contribution is -0.137. The van der Waals surface area contributed by atoms with Crippen LogP contribution in [-0.4, -0.2) is 57.5 Å². The first-order valence-electron chi connectivity index (χ1n) is 10.6. The van der Waals surface area contributed by atoms with Gasteiger partial charge in [-0.3, -0.25) is 14.5 Å². The average Bonchev–Trinajstić information content (AvgIpc) is 3.27. The van der Waals surface area contributed by atoms with Crippen molar-refractivity contribution >= 4 is 11.9 Å². The number of carbonyl (C=O) groups is 2. The van der Waals surface area contributed by atoms with Crippen molar-refractivity contribution in [1.29, 1.82) is 0 Å². The van der Waals surface area contributed by atoms with Crippen molar-refractivity contribution in [3.63, 3.8) is 0 Å². The van der Waals surface area contributed by atoms with E-state index in [2.05, 4.69) is 21.3 Å². The van der Waals surface area contributed by atoms with Crippen LogP contribution in [0.15, 0.2) is 28.9 Å². The molecule has 2 N–H and O–H groups in total. The number of carbonyl (C=O) groups excluding carboxylic acids is 1. The number of nitrogens with one attached hydrogen (secondary N) is 1. The van der Waals surface area contributed by atoms with Crippen molar-refractivity contribution in [3.05, 3.63) is 36.0 Å². The van der Waals surface area contributed by atoms with Crippen LogP contribution in [0.5, 0.6) is 0 Å². The fourth-order valence-corrected chi connectivity index (χ4v) is 4.74. The molecule has 2 aromatic heterocycles. The molecule has 160 valence electrons. The van der Waals surface area contributed by atoms with Gasteiger partial charge in [0.05, 0.1) is 6.26 Å². The molecule has 0 spiro atoms. The van der Waals surface area contributed by atoms with Crippen molar-refractivity contribution in [2.45, 2.75) is 51.0 Å². The summed E-state index contributed by atoms with van der Waals surface area (Å²) in [4.78, 5) is 34.3. The van der Waals surface area contributed by atoms with E-state index in [0.717, 1.165) is 48.9 Å². The topological polar surface area (TPSA) is 109 Å². The van der Waals surface area contributed by atoms with E-state index >= 15 is 0 Å². The van der Waals surface area contributed by atoms with Gasteiger partial charge in [-0.15, -0.1) is 0 Å². The highest BCUT2D eigenvalue weighted by atomic mass is 16.4. The summed E-state index contributed by atoms with van der Waals surface area (Å²) in [6.45, 7) is 4.50. The highest BCUT2D eigenvalue weighted by molar-refractivity contribution is 5.76. The van der Waals surface area contributed by atoms with Crippen LogP contribution in [0.1, 0.15) is 49.5 Å². The molecule has 2 bridgehead atoms. The van der Waals surface area contributed by atoms with Crippen LogP contribution in [0.25, 0.3) is 11.5 Å². The third kappa shape index (κ3) is 4.70. The quantitative estimate of drug-likeness (QED) is 0.686. The van der Waals surface area contributed by atoms with Crippen molar-refractivity contribution < 1.29 is 19.1 Å². The van der Waals surface area contributed by atoms with Crippen LogP contribution < -0.4 is 5.32 Å². The summed E-state index contributed by atoms with van der Waals surface area (Å²) in [5.41, 5.74) is 1.89. The number of piperidine rings is 3. The van der Waals surface area contributed by atoms with E-state index in [-0.39, 0.29) is 18.7 Å². The van der Waals surface area contributed by atoms with Gasteiger partial charge in [0, 0.05) is 43.6 Å². The molecule has 5 heterocycles. The minimum absolute atomic E-state index is 0.0328. The fraction of sp³-hybridized carbons (Fsp3) is 0.545. The molecule has 0 radical (unpaired) electrons. The first-order valence-corrected chi connectivity index (χ1v) is 10.6. The molecular weight excluding hydrogens is 384 g/mol. The Morgan fingerprint density at radius 3 is 2.90 bits per heavy atom. The molecule has 1 amide bonds. The lowest BCUT2D eigenvalue weighted by Gasteiger charge is -2.49. The van der Waals surface area contributed by atoms with E-state index < -0.39 is 5.97 Å². The molecule has 5 rings (SSSR count). The van der Waals surface area contributed by atoms with E-state index in [1.165, 1.54) is 0 Å². The van der Waals surface area contributed by atoms with E-state index in [4.69, 9.17) is 14.5 Å². The second-order valence-corrected chi connectivity index (χ2v) is 8.29. The van der Waals surface area contributed by atoms with Gasteiger partial charge in [-0.05, 0) is 56.8 Å².